The highest BCUT2D eigenvalue weighted by Crippen LogP contribution is 2.39. The van der Waals surface area contributed by atoms with Crippen LogP contribution in [0.3, 0.4) is 0 Å². The molecule has 0 radical (unpaired) electrons. The lowest BCUT2D eigenvalue weighted by Gasteiger charge is -2.11. The van der Waals surface area contributed by atoms with E-state index >= 15 is 0 Å². The number of fused-ring (bicyclic) bond motifs is 3. The van der Waals surface area contributed by atoms with Crippen molar-refractivity contribution in [2.45, 2.75) is 0 Å². The van der Waals surface area contributed by atoms with E-state index in [0.29, 0.717) is 50.2 Å². The topological polar surface area (TPSA) is 148 Å². The third-order valence-electron chi connectivity index (χ3n) is 7.41. The molecule has 0 atom stereocenters. The summed E-state index contributed by atoms with van der Waals surface area (Å²) in [4.78, 5) is 0. The normalized spacial score (nSPS) is 10.2. The summed E-state index contributed by atoms with van der Waals surface area (Å²) in [6.07, 6.45) is 0. The van der Waals surface area contributed by atoms with Crippen molar-refractivity contribution in [3.8, 4) is 64.4 Å². The summed E-state index contributed by atoms with van der Waals surface area (Å²) in [6, 6.07) is 39.4. The molecule has 0 fully saturated rings. The maximum Gasteiger partial charge on any atom is 0.101 e. The van der Waals surface area contributed by atoms with Crippen LogP contribution < -0.4 is 0 Å². The van der Waals surface area contributed by atoms with Crippen LogP contribution >= 0.6 is 0 Å². The van der Waals surface area contributed by atoms with Gasteiger partial charge in [0, 0.05) is 10.8 Å². The van der Waals surface area contributed by atoms with E-state index in [2.05, 4.69) is 36.4 Å². The molecule has 5 aromatic carbocycles. The summed E-state index contributed by atoms with van der Waals surface area (Å²) in [5.41, 5.74) is 7.34. The first-order chi connectivity index (χ1) is 21.0. The fourth-order valence-electron chi connectivity index (χ4n) is 5.42. The van der Waals surface area contributed by atoms with Crippen LogP contribution in [0.5, 0.6) is 0 Å². The Kier molecular flexibility index (Phi) is 6.33. The Hall–Kier alpha value is -7.16. The first kappa shape index (κ1) is 26.1. The van der Waals surface area contributed by atoms with Crippen molar-refractivity contribution in [1.29, 1.82) is 31.6 Å². The van der Waals surface area contributed by atoms with E-state index in [4.69, 9.17) is 0 Å². The van der Waals surface area contributed by atoms with Crippen LogP contribution in [0, 0.1) is 68.0 Å². The van der Waals surface area contributed by atoms with Gasteiger partial charge in [0.05, 0.1) is 80.4 Å². The highest BCUT2D eigenvalue weighted by atomic mass is 15.0. The van der Waals surface area contributed by atoms with Gasteiger partial charge in [0.1, 0.15) is 6.07 Å². The summed E-state index contributed by atoms with van der Waals surface area (Å²) in [7, 11) is 0. The maximum atomic E-state index is 9.99. The van der Waals surface area contributed by atoms with Crippen molar-refractivity contribution >= 4 is 21.8 Å². The van der Waals surface area contributed by atoms with Crippen LogP contribution in [0.4, 0.5) is 0 Å². The van der Waals surface area contributed by atoms with Gasteiger partial charge in [-0.1, -0.05) is 24.3 Å². The number of rotatable bonds is 3. The zero-order chi connectivity index (χ0) is 30.1. The third-order valence-corrected chi connectivity index (χ3v) is 7.41. The van der Waals surface area contributed by atoms with Crippen molar-refractivity contribution in [1.82, 2.24) is 4.57 Å². The van der Waals surface area contributed by atoms with Crippen molar-refractivity contribution < 1.29 is 0 Å². The molecular weight excluding hydrogens is 530 g/mol. The summed E-state index contributed by atoms with van der Waals surface area (Å²) >= 11 is 0. The zero-order valence-electron chi connectivity index (χ0n) is 22.3. The van der Waals surface area contributed by atoms with Crippen molar-refractivity contribution in [2.24, 2.45) is 0 Å². The van der Waals surface area contributed by atoms with Gasteiger partial charge in [-0.15, -0.1) is 0 Å². The highest BCUT2D eigenvalue weighted by Gasteiger charge is 2.18. The molecule has 43 heavy (non-hydrogen) atoms. The van der Waals surface area contributed by atoms with E-state index in [9.17, 15) is 31.6 Å². The van der Waals surface area contributed by atoms with Gasteiger partial charge in [-0.2, -0.15) is 31.6 Å². The Morgan fingerprint density at radius 1 is 0.395 bits per heavy atom. The van der Waals surface area contributed by atoms with Crippen LogP contribution in [0.1, 0.15) is 33.4 Å². The number of nitriles is 6. The first-order valence-corrected chi connectivity index (χ1v) is 13.0. The minimum atomic E-state index is 0.337. The monoisotopic (exact) mass is 545 g/mol. The predicted octanol–water partition coefficient (Wildman–Crippen LogP) is 7.35. The molecular formula is C36H15N7. The lowest BCUT2D eigenvalue weighted by Crippen LogP contribution is -1.98. The molecule has 6 rings (SSSR count). The third kappa shape index (κ3) is 4.27. The van der Waals surface area contributed by atoms with Crippen LogP contribution in [-0.2, 0) is 0 Å². The molecule has 7 heteroatoms. The van der Waals surface area contributed by atoms with Gasteiger partial charge >= 0.3 is 0 Å². The molecule has 6 aromatic rings. The number of aromatic nitrogens is 1. The molecule has 0 aliphatic carbocycles. The van der Waals surface area contributed by atoms with Gasteiger partial charge in [-0.05, 0) is 89.0 Å². The van der Waals surface area contributed by atoms with E-state index in [1.54, 1.807) is 54.6 Å². The Balaban J connectivity index is 1.69. The second kappa shape index (κ2) is 10.4. The van der Waals surface area contributed by atoms with Crippen LogP contribution in [0.15, 0.2) is 91.0 Å². The smallest absolute Gasteiger partial charge is 0.101 e. The molecule has 0 saturated carbocycles. The molecule has 1 heterocycles. The lowest BCUT2D eigenvalue weighted by atomic mass is 9.95. The second-order valence-corrected chi connectivity index (χ2v) is 9.72. The molecule has 194 valence electrons. The van der Waals surface area contributed by atoms with Gasteiger partial charge in [0.2, 0.25) is 0 Å². The Morgan fingerprint density at radius 2 is 0.814 bits per heavy atom. The van der Waals surface area contributed by atoms with E-state index in [0.717, 1.165) is 32.9 Å². The fourth-order valence-corrected chi connectivity index (χ4v) is 5.42. The number of hydrogen-bond donors (Lipinski definition) is 0. The summed E-state index contributed by atoms with van der Waals surface area (Å²) < 4.78 is 1.96. The minimum absolute atomic E-state index is 0.337. The summed E-state index contributed by atoms with van der Waals surface area (Å²) in [5, 5.41) is 59.3. The number of nitrogens with zero attached hydrogens (tertiary/aromatic N) is 7. The van der Waals surface area contributed by atoms with Crippen molar-refractivity contribution in [3.63, 3.8) is 0 Å². The Labute approximate surface area is 246 Å². The van der Waals surface area contributed by atoms with Crippen LogP contribution in [-0.4, -0.2) is 4.57 Å². The predicted molar refractivity (Wildman–Crippen MR) is 160 cm³/mol. The van der Waals surface area contributed by atoms with E-state index in [1.165, 1.54) is 0 Å². The lowest BCUT2D eigenvalue weighted by molar-refractivity contribution is 1.16. The van der Waals surface area contributed by atoms with E-state index < -0.39 is 0 Å². The SMILES string of the molecule is N#Cc1ccc(-c2ccc3c(c2)c2cc(-c4ccc(C#N)cc4C#N)ccc2n3-c2ccc(C#N)cc2C#N)c(C#N)c1. The maximum absolute atomic E-state index is 9.99. The van der Waals surface area contributed by atoms with Gasteiger partial charge in [0.15, 0.2) is 0 Å². The van der Waals surface area contributed by atoms with Gasteiger partial charge in [-0.25, -0.2) is 0 Å². The number of hydrogen-bond acceptors (Lipinski definition) is 6. The molecule has 0 N–H and O–H groups in total. The molecule has 0 unspecified atom stereocenters. The molecule has 0 spiro atoms. The fraction of sp³-hybridized carbons (Fsp3) is 0. The standard InChI is InChI=1S/C36H15N7/c37-16-22-1-6-30(27(11-22)19-40)25-4-9-35-32(14-25)33-15-26(31-7-2-23(17-38)12-28(31)20-41)5-10-36(33)43(35)34-8-3-24(18-39)13-29(34)21-42/h1-15H. The Morgan fingerprint density at radius 3 is 1.23 bits per heavy atom. The van der Waals surface area contributed by atoms with E-state index in [-0.39, 0.29) is 0 Å². The molecule has 0 aliphatic rings. The summed E-state index contributed by atoms with van der Waals surface area (Å²) in [5.74, 6) is 0. The van der Waals surface area contributed by atoms with Gasteiger partial charge in [-0.3, -0.25) is 0 Å². The average Bonchev–Trinajstić information content (AvgIpc) is 3.39. The van der Waals surface area contributed by atoms with Gasteiger partial charge in [0.25, 0.3) is 0 Å². The molecule has 7 nitrogen and oxygen atoms in total. The molecule has 0 aliphatic heterocycles. The quantitative estimate of drug-likeness (QED) is 0.227. The van der Waals surface area contributed by atoms with Crippen LogP contribution in [0.2, 0.25) is 0 Å². The van der Waals surface area contributed by atoms with Crippen molar-refractivity contribution in [2.75, 3.05) is 0 Å². The molecule has 1 aromatic heterocycles. The van der Waals surface area contributed by atoms with Gasteiger partial charge < -0.3 is 4.57 Å². The first-order valence-electron chi connectivity index (χ1n) is 13.0. The molecule has 0 saturated heterocycles. The Bertz CT molecular complexity index is 2290. The summed E-state index contributed by atoms with van der Waals surface area (Å²) in [6.45, 7) is 0. The average molecular weight is 546 g/mol. The van der Waals surface area contributed by atoms with Crippen LogP contribution in [0.25, 0.3) is 49.7 Å². The molecule has 0 amide bonds. The minimum Gasteiger partial charge on any atom is -0.308 e. The zero-order valence-corrected chi connectivity index (χ0v) is 22.3. The van der Waals surface area contributed by atoms with E-state index in [1.807, 2.05) is 41.0 Å². The largest absolute Gasteiger partial charge is 0.308 e. The van der Waals surface area contributed by atoms with Crippen molar-refractivity contribution in [3.05, 3.63) is 124 Å². The molecule has 0 bridgehead atoms. The number of benzene rings is 5. The highest BCUT2D eigenvalue weighted by molar-refractivity contribution is 6.12. The second-order valence-electron chi connectivity index (χ2n) is 9.72.